The van der Waals surface area contributed by atoms with Crippen LogP contribution >= 0.6 is 0 Å². The van der Waals surface area contributed by atoms with Gasteiger partial charge in [0.25, 0.3) is 0 Å². The number of rotatable bonds is 3. The Kier molecular flexibility index (Phi) is 4.41. The van der Waals surface area contributed by atoms with Crippen molar-refractivity contribution >= 4 is 11.7 Å². The number of carbonyl (C=O) groups is 1. The summed E-state index contributed by atoms with van der Waals surface area (Å²) < 4.78 is 13.7. The van der Waals surface area contributed by atoms with E-state index in [1.54, 1.807) is 15.9 Å². The molecule has 2 heterocycles. The Hall–Kier alpha value is -2.40. The van der Waals surface area contributed by atoms with Crippen molar-refractivity contribution in [1.29, 1.82) is 0 Å². The predicted molar refractivity (Wildman–Crippen MR) is 99.7 cm³/mol. The average Bonchev–Trinajstić information content (AvgIpc) is 2.94. The fraction of sp³-hybridized carbons (Fsp3) is 0.381. The summed E-state index contributed by atoms with van der Waals surface area (Å²) in [5.74, 6) is -0.308. The molecule has 2 amide bonds. The van der Waals surface area contributed by atoms with Crippen LogP contribution in [0.1, 0.15) is 25.3 Å². The van der Waals surface area contributed by atoms with Gasteiger partial charge in [0.05, 0.1) is 18.1 Å². The molecule has 1 spiro atoms. The number of halogens is 1. The second-order valence-electron chi connectivity index (χ2n) is 7.62. The van der Waals surface area contributed by atoms with Gasteiger partial charge < -0.3 is 10.2 Å². The van der Waals surface area contributed by atoms with Crippen molar-refractivity contribution in [2.75, 3.05) is 18.0 Å². The summed E-state index contributed by atoms with van der Waals surface area (Å²) in [5.41, 5.74) is 1.73. The highest BCUT2D eigenvalue weighted by atomic mass is 19.1. The van der Waals surface area contributed by atoms with Crippen molar-refractivity contribution in [3.63, 3.8) is 0 Å². The Morgan fingerprint density at radius 2 is 2.04 bits per heavy atom. The second kappa shape index (κ2) is 6.72. The van der Waals surface area contributed by atoms with Crippen LogP contribution in [0.15, 0.2) is 54.6 Å². The van der Waals surface area contributed by atoms with Crippen LogP contribution < -0.4 is 15.1 Å². The molecule has 0 saturated carbocycles. The summed E-state index contributed by atoms with van der Waals surface area (Å²) >= 11 is 0. The van der Waals surface area contributed by atoms with E-state index < -0.39 is 0 Å². The summed E-state index contributed by atoms with van der Waals surface area (Å²) in [7, 11) is 0. The minimum atomic E-state index is -0.308. The van der Waals surface area contributed by atoms with Gasteiger partial charge >= 0.3 is 6.03 Å². The van der Waals surface area contributed by atoms with Crippen LogP contribution in [0.4, 0.5) is 14.9 Å². The normalized spacial score (nSPS) is 28.4. The molecule has 2 aliphatic rings. The summed E-state index contributed by atoms with van der Waals surface area (Å²) in [4.78, 5) is 15.9. The van der Waals surface area contributed by atoms with Crippen molar-refractivity contribution in [2.45, 2.75) is 37.9 Å². The first kappa shape index (κ1) is 17.0. The fourth-order valence-electron chi connectivity index (χ4n) is 4.56. The monoisotopic (exact) mass is 354 g/mol. The zero-order chi connectivity index (χ0) is 18.1. The van der Waals surface area contributed by atoms with Crippen LogP contribution in [-0.4, -0.2) is 30.7 Å². The number of hydrogen-bond donors (Lipinski definition) is 2. The highest BCUT2D eigenvalue weighted by Crippen LogP contribution is 2.35. The van der Waals surface area contributed by atoms with Crippen LogP contribution in [0.5, 0.6) is 0 Å². The molecule has 136 valence electrons. The van der Waals surface area contributed by atoms with E-state index >= 15 is 0 Å². The maximum atomic E-state index is 13.7. The minimum Gasteiger partial charge on any atom is -0.335 e. The van der Waals surface area contributed by atoms with E-state index in [2.05, 4.69) is 36.5 Å². The van der Waals surface area contributed by atoms with E-state index in [1.807, 2.05) is 12.1 Å². The molecule has 5 heteroatoms. The molecule has 0 aromatic heterocycles. The number of piperidine rings is 1. The molecule has 26 heavy (non-hydrogen) atoms. The van der Waals surface area contributed by atoms with Crippen LogP contribution in [0.2, 0.25) is 0 Å². The van der Waals surface area contributed by atoms with Crippen LogP contribution in [0.25, 0.3) is 0 Å². The Labute approximate surface area is 153 Å². The Balaban J connectivity index is 1.55. The molecular formula is C21H25FN3O+. The third-order valence-corrected chi connectivity index (χ3v) is 5.88. The summed E-state index contributed by atoms with van der Waals surface area (Å²) in [6.45, 7) is 4.88. The van der Waals surface area contributed by atoms with Gasteiger partial charge in [-0.15, -0.1) is 0 Å². The van der Waals surface area contributed by atoms with E-state index in [0.29, 0.717) is 18.3 Å². The van der Waals surface area contributed by atoms with Gasteiger partial charge in [0.1, 0.15) is 12.4 Å². The Morgan fingerprint density at radius 3 is 2.77 bits per heavy atom. The second-order valence-corrected chi connectivity index (χ2v) is 7.62. The van der Waals surface area contributed by atoms with Gasteiger partial charge in [-0.05, 0) is 25.1 Å². The molecule has 0 bridgehead atoms. The first-order valence-corrected chi connectivity index (χ1v) is 9.30. The molecule has 0 radical (unpaired) electrons. The largest absolute Gasteiger partial charge is 0.335 e. The van der Waals surface area contributed by atoms with Gasteiger partial charge in [-0.1, -0.05) is 36.4 Å². The molecule has 2 saturated heterocycles. The van der Waals surface area contributed by atoms with Crippen molar-refractivity contribution in [3.8, 4) is 0 Å². The van der Waals surface area contributed by atoms with E-state index in [1.165, 1.54) is 17.7 Å². The maximum Gasteiger partial charge on any atom is 0.322 e. The van der Waals surface area contributed by atoms with Gasteiger partial charge in [0.15, 0.2) is 0 Å². The molecule has 1 unspecified atom stereocenters. The molecule has 4 rings (SSSR count). The van der Waals surface area contributed by atoms with Gasteiger partial charge in [-0.3, -0.25) is 4.90 Å². The SMILES string of the molecule is C[C@H]1C[C@]2(CC[NH+]1Cc1ccccc1)CNC(=O)N2c1cccc(F)c1. The molecule has 4 nitrogen and oxygen atoms in total. The number of hydrogen-bond acceptors (Lipinski definition) is 1. The van der Waals surface area contributed by atoms with Crippen LogP contribution in [-0.2, 0) is 6.54 Å². The number of likely N-dealkylation sites (tertiary alicyclic amines) is 1. The molecule has 2 N–H and O–H groups in total. The number of nitrogens with one attached hydrogen (secondary N) is 2. The lowest BCUT2D eigenvalue weighted by Gasteiger charge is -2.45. The number of amides is 2. The molecule has 2 aliphatic heterocycles. The lowest BCUT2D eigenvalue weighted by Crippen LogP contribution is -3.16. The van der Waals surface area contributed by atoms with E-state index in [9.17, 15) is 9.18 Å². The minimum absolute atomic E-state index is 0.116. The first-order valence-electron chi connectivity index (χ1n) is 9.30. The standard InChI is InChI=1S/C21H24FN3O/c1-16-13-21(10-11-24(16)14-17-6-3-2-4-7-17)15-23-20(26)25(21)19-9-5-8-18(22)12-19/h2-9,12,16H,10-11,13-15H2,1H3,(H,23,26)/p+1/t16-,21+/m0/s1. The first-order chi connectivity index (χ1) is 12.6. The highest BCUT2D eigenvalue weighted by molar-refractivity contribution is 5.96. The number of carbonyl (C=O) groups excluding carboxylic acids is 1. The number of benzene rings is 2. The van der Waals surface area contributed by atoms with Crippen LogP contribution in [0, 0.1) is 5.82 Å². The maximum absolute atomic E-state index is 13.7. The van der Waals surface area contributed by atoms with E-state index in [4.69, 9.17) is 0 Å². The predicted octanol–water partition coefficient (Wildman–Crippen LogP) is 2.36. The van der Waals surface area contributed by atoms with Crippen molar-refractivity contribution in [2.24, 2.45) is 0 Å². The smallest absolute Gasteiger partial charge is 0.322 e. The summed E-state index contributed by atoms with van der Waals surface area (Å²) in [5, 5.41) is 2.99. The third kappa shape index (κ3) is 3.07. The van der Waals surface area contributed by atoms with Crippen LogP contribution in [0.3, 0.4) is 0 Å². The summed E-state index contributed by atoms with van der Waals surface area (Å²) in [6.07, 6.45) is 1.82. The third-order valence-electron chi connectivity index (χ3n) is 5.88. The van der Waals surface area contributed by atoms with Gasteiger partial charge in [0.2, 0.25) is 0 Å². The molecule has 2 aromatic carbocycles. The zero-order valence-electron chi connectivity index (χ0n) is 15.0. The van der Waals surface area contributed by atoms with E-state index in [0.717, 1.165) is 25.9 Å². The average molecular weight is 354 g/mol. The summed E-state index contributed by atoms with van der Waals surface area (Å²) in [6, 6.07) is 17.2. The molecule has 2 fully saturated rings. The van der Waals surface area contributed by atoms with E-state index in [-0.39, 0.29) is 17.4 Å². The number of urea groups is 1. The Morgan fingerprint density at radius 1 is 1.23 bits per heavy atom. The number of nitrogens with zero attached hydrogens (tertiary/aromatic N) is 1. The molecular weight excluding hydrogens is 329 g/mol. The lowest BCUT2D eigenvalue weighted by molar-refractivity contribution is -0.943. The number of quaternary nitrogens is 1. The lowest BCUT2D eigenvalue weighted by atomic mass is 9.82. The highest BCUT2D eigenvalue weighted by Gasteiger charge is 2.51. The molecule has 3 atom stereocenters. The molecule has 2 aromatic rings. The zero-order valence-corrected chi connectivity index (χ0v) is 15.0. The van der Waals surface area contributed by atoms with Gasteiger partial charge in [0, 0.05) is 30.6 Å². The number of anilines is 1. The van der Waals surface area contributed by atoms with Crippen molar-refractivity contribution in [1.82, 2.24) is 5.32 Å². The quantitative estimate of drug-likeness (QED) is 0.872. The van der Waals surface area contributed by atoms with Gasteiger partial charge in [-0.25, -0.2) is 9.18 Å². The van der Waals surface area contributed by atoms with Gasteiger partial charge in [-0.2, -0.15) is 0 Å². The molecule has 0 aliphatic carbocycles. The van der Waals surface area contributed by atoms with Crippen molar-refractivity contribution < 1.29 is 14.1 Å². The van der Waals surface area contributed by atoms with Crippen molar-refractivity contribution in [3.05, 3.63) is 66.0 Å². The Bertz CT molecular complexity index is 797. The fourth-order valence-corrected chi connectivity index (χ4v) is 4.56. The topological polar surface area (TPSA) is 36.8 Å².